The highest BCUT2D eigenvalue weighted by Gasteiger charge is 2.48. The number of amides is 1. The Kier molecular flexibility index (Phi) is 4.62. The molecular weight excluding hydrogens is 269 g/mol. The molecule has 116 valence electrons. The van der Waals surface area contributed by atoms with Gasteiger partial charge in [0.1, 0.15) is 6.04 Å². The third-order valence-corrected chi connectivity index (χ3v) is 4.71. The Morgan fingerprint density at radius 3 is 2.25 bits per heavy atom. The number of hydrogen-bond acceptors (Lipinski definition) is 2. The molecule has 2 rings (SSSR count). The maximum atomic E-state index is 13.1. The minimum atomic E-state index is -4.28. The summed E-state index contributed by atoms with van der Waals surface area (Å²) in [7, 11) is 1.49. The van der Waals surface area contributed by atoms with Gasteiger partial charge in [-0.3, -0.25) is 9.69 Å². The van der Waals surface area contributed by atoms with Gasteiger partial charge < -0.3 is 4.90 Å². The van der Waals surface area contributed by atoms with E-state index in [9.17, 15) is 18.0 Å². The largest absolute Gasteiger partial charge is 0.405 e. The lowest BCUT2D eigenvalue weighted by molar-refractivity contribution is -0.201. The molecule has 3 nitrogen and oxygen atoms in total. The molecule has 20 heavy (non-hydrogen) atoms. The molecule has 2 aliphatic rings. The summed E-state index contributed by atoms with van der Waals surface area (Å²) in [4.78, 5) is 15.2. The molecular formula is C14H23F3N2O. The number of carbonyl (C=O) groups excluding carboxylic acids is 1. The highest BCUT2D eigenvalue weighted by Crippen LogP contribution is 2.31. The van der Waals surface area contributed by atoms with Crippen LogP contribution in [-0.2, 0) is 4.79 Å². The Bertz CT molecular complexity index is 353. The van der Waals surface area contributed by atoms with Gasteiger partial charge in [0.05, 0.1) is 0 Å². The first-order chi connectivity index (χ1) is 9.30. The Morgan fingerprint density at radius 2 is 1.70 bits per heavy atom. The normalized spacial score (nSPS) is 30.6. The number of carbonyl (C=O) groups is 1. The van der Waals surface area contributed by atoms with E-state index >= 15 is 0 Å². The van der Waals surface area contributed by atoms with Gasteiger partial charge in [0, 0.05) is 25.0 Å². The molecule has 2 unspecified atom stereocenters. The summed E-state index contributed by atoms with van der Waals surface area (Å²) < 4.78 is 39.2. The fourth-order valence-electron chi connectivity index (χ4n) is 3.29. The van der Waals surface area contributed by atoms with Gasteiger partial charge >= 0.3 is 6.18 Å². The van der Waals surface area contributed by atoms with Gasteiger partial charge in [0.25, 0.3) is 0 Å². The molecule has 0 aromatic heterocycles. The molecule has 0 spiro atoms. The van der Waals surface area contributed by atoms with Crippen molar-refractivity contribution in [2.24, 2.45) is 5.92 Å². The van der Waals surface area contributed by atoms with Crippen LogP contribution in [0.3, 0.4) is 0 Å². The predicted molar refractivity (Wildman–Crippen MR) is 70.2 cm³/mol. The third-order valence-electron chi connectivity index (χ3n) is 4.71. The number of nitrogens with zero attached hydrogens (tertiary/aromatic N) is 2. The van der Waals surface area contributed by atoms with Crippen LogP contribution in [0.25, 0.3) is 0 Å². The van der Waals surface area contributed by atoms with Gasteiger partial charge in [-0.2, -0.15) is 13.2 Å². The highest BCUT2D eigenvalue weighted by molar-refractivity contribution is 5.79. The van der Waals surface area contributed by atoms with Crippen LogP contribution in [0.1, 0.15) is 39.0 Å². The van der Waals surface area contributed by atoms with Crippen molar-refractivity contribution in [2.75, 3.05) is 20.1 Å². The SMILES string of the molecule is CC1CN(C(=O)C2CCCCC2)CC(C(F)(F)F)N1C. The van der Waals surface area contributed by atoms with Crippen LogP contribution >= 0.6 is 0 Å². The summed E-state index contributed by atoms with van der Waals surface area (Å²) in [6.45, 7) is 1.93. The second-order valence-electron chi connectivity index (χ2n) is 6.15. The molecule has 2 atom stereocenters. The number of likely N-dealkylation sites (N-methyl/N-ethyl adjacent to an activating group) is 1. The fraction of sp³-hybridized carbons (Fsp3) is 0.929. The first-order valence-electron chi connectivity index (χ1n) is 7.38. The second-order valence-corrected chi connectivity index (χ2v) is 6.15. The van der Waals surface area contributed by atoms with Gasteiger partial charge in [-0.25, -0.2) is 0 Å². The first kappa shape index (κ1) is 15.6. The Hall–Kier alpha value is -0.780. The van der Waals surface area contributed by atoms with E-state index < -0.39 is 12.2 Å². The quantitative estimate of drug-likeness (QED) is 0.742. The average Bonchev–Trinajstić information content (AvgIpc) is 2.40. The van der Waals surface area contributed by atoms with Gasteiger partial charge in [-0.1, -0.05) is 19.3 Å². The molecule has 0 radical (unpaired) electrons. The first-order valence-corrected chi connectivity index (χ1v) is 7.38. The number of hydrogen-bond donors (Lipinski definition) is 0. The molecule has 0 aromatic rings. The van der Waals surface area contributed by atoms with E-state index in [1.54, 1.807) is 6.92 Å². The van der Waals surface area contributed by atoms with Crippen LogP contribution in [0.15, 0.2) is 0 Å². The third kappa shape index (κ3) is 3.27. The van der Waals surface area contributed by atoms with Crippen molar-refractivity contribution >= 4 is 5.91 Å². The van der Waals surface area contributed by atoms with Crippen LogP contribution in [0.4, 0.5) is 13.2 Å². The number of piperazine rings is 1. The van der Waals surface area contributed by atoms with Crippen molar-refractivity contribution < 1.29 is 18.0 Å². The molecule has 1 aliphatic heterocycles. The van der Waals surface area contributed by atoms with Crippen LogP contribution in [0.2, 0.25) is 0 Å². The Labute approximate surface area is 118 Å². The summed E-state index contributed by atoms with van der Waals surface area (Å²) >= 11 is 0. The van der Waals surface area contributed by atoms with E-state index in [-0.39, 0.29) is 24.4 Å². The van der Waals surface area contributed by atoms with Crippen molar-refractivity contribution in [2.45, 2.75) is 57.3 Å². The van der Waals surface area contributed by atoms with Crippen LogP contribution < -0.4 is 0 Å². The van der Waals surface area contributed by atoms with E-state index in [1.165, 1.54) is 16.8 Å². The molecule has 1 saturated carbocycles. The van der Waals surface area contributed by atoms with Crippen LogP contribution in [-0.4, -0.2) is 54.1 Å². The Morgan fingerprint density at radius 1 is 1.10 bits per heavy atom. The van der Waals surface area contributed by atoms with E-state index in [2.05, 4.69) is 0 Å². The molecule has 0 N–H and O–H groups in total. The summed E-state index contributed by atoms with van der Waals surface area (Å²) in [5.74, 6) is -0.132. The standard InChI is InChI=1S/C14H23F3N2O/c1-10-8-19(9-12(18(10)2)14(15,16)17)13(20)11-6-4-3-5-7-11/h10-12H,3-9H2,1-2H3. The molecule has 1 saturated heterocycles. The topological polar surface area (TPSA) is 23.6 Å². The van der Waals surface area contributed by atoms with Crippen molar-refractivity contribution in [3.05, 3.63) is 0 Å². The van der Waals surface area contributed by atoms with Gasteiger partial charge in [0.2, 0.25) is 5.91 Å². The number of halogens is 3. The average molecular weight is 292 g/mol. The highest BCUT2D eigenvalue weighted by atomic mass is 19.4. The monoisotopic (exact) mass is 292 g/mol. The van der Waals surface area contributed by atoms with E-state index in [1.807, 2.05) is 0 Å². The minimum Gasteiger partial charge on any atom is -0.339 e. The number of alkyl halides is 3. The molecule has 0 aromatic carbocycles. The van der Waals surface area contributed by atoms with Crippen molar-refractivity contribution in [3.63, 3.8) is 0 Å². The Balaban J connectivity index is 2.06. The second kappa shape index (κ2) is 5.92. The summed E-state index contributed by atoms with van der Waals surface area (Å²) in [6, 6.07) is -1.80. The molecule has 0 bridgehead atoms. The van der Waals surface area contributed by atoms with Crippen molar-refractivity contribution in [1.29, 1.82) is 0 Å². The van der Waals surface area contributed by atoms with Crippen LogP contribution in [0, 0.1) is 5.92 Å². The smallest absolute Gasteiger partial charge is 0.339 e. The molecule has 1 aliphatic carbocycles. The van der Waals surface area contributed by atoms with E-state index in [0.717, 1.165) is 32.1 Å². The lowest BCUT2D eigenvalue weighted by atomic mass is 9.87. The lowest BCUT2D eigenvalue weighted by Crippen LogP contribution is -2.62. The van der Waals surface area contributed by atoms with E-state index in [4.69, 9.17) is 0 Å². The maximum Gasteiger partial charge on any atom is 0.405 e. The number of rotatable bonds is 1. The van der Waals surface area contributed by atoms with Gasteiger partial charge in [-0.05, 0) is 26.8 Å². The predicted octanol–water partition coefficient (Wildman–Crippen LogP) is 2.66. The molecule has 6 heteroatoms. The zero-order valence-electron chi connectivity index (χ0n) is 12.1. The van der Waals surface area contributed by atoms with Crippen molar-refractivity contribution in [1.82, 2.24) is 9.80 Å². The van der Waals surface area contributed by atoms with Crippen LogP contribution in [0.5, 0.6) is 0 Å². The molecule has 1 amide bonds. The van der Waals surface area contributed by atoms with Gasteiger partial charge in [-0.15, -0.1) is 0 Å². The minimum absolute atomic E-state index is 0.0618. The summed E-state index contributed by atoms with van der Waals surface area (Å²) in [5, 5.41) is 0. The fourth-order valence-corrected chi connectivity index (χ4v) is 3.29. The molecule has 2 fully saturated rings. The van der Waals surface area contributed by atoms with Crippen molar-refractivity contribution in [3.8, 4) is 0 Å². The summed E-state index contributed by atoms with van der Waals surface area (Å²) in [6.07, 6.45) is 0.542. The zero-order chi connectivity index (χ0) is 14.9. The summed E-state index contributed by atoms with van der Waals surface area (Å²) in [5.41, 5.74) is 0. The van der Waals surface area contributed by atoms with Gasteiger partial charge in [0.15, 0.2) is 0 Å². The van der Waals surface area contributed by atoms with E-state index in [0.29, 0.717) is 6.54 Å². The maximum absolute atomic E-state index is 13.1. The molecule has 1 heterocycles. The zero-order valence-corrected chi connectivity index (χ0v) is 12.1. The lowest BCUT2D eigenvalue weighted by Gasteiger charge is -2.45.